The summed E-state index contributed by atoms with van der Waals surface area (Å²) in [7, 11) is 0. The lowest BCUT2D eigenvalue weighted by atomic mass is 10.3. The van der Waals surface area contributed by atoms with Gasteiger partial charge in [-0.3, -0.25) is 14.5 Å². The van der Waals surface area contributed by atoms with Gasteiger partial charge in [-0.1, -0.05) is 6.92 Å². The summed E-state index contributed by atoms with van der Waals surface area (Å²) < 4.78 is 28.4. The Morgan fingerprint density at radius 2 is 1.71 bits per heavy atom. The van der Waals surface area contributed by atoms with Crippen LogP contribution in [0.15, 0.2) is 24.3 Å². The highest BCUT2D eigenvalue weighted by Gasteiger charge is 2.14. The van der Waals surface area contributed by atoms with Gasteiger partial charge in [0.05, 0.1) is 13.1 Å². The normalized spacial score (nSPS) is 11.0. The van der Waals surface area contributed by atoms with E-state index in [0.717, 1.165) is 0 Å². The van der Waals surface area contributed by atoms with E-state index in [1.165, 1.54) is 24.3 Å². The summed E-state index contributed by atoms with van der Waals surface area (Å²) in [6.07, 6.45) is 0. The number of halogens is 2. The second kappa shape index (κ2) is 9.82. The van der Waals surface area contributed by atoms with Gasteiger partial charge >= 0.3 is 6.61 Å². The lowest BCUT2D eigenvalue weighted by molar-refractivity contribution is -0.123. The van der Waals surface area contributed by atoms with Gasteiger partial charge in [-0.25, -0.2) is 0 Å². The maximum Gasteiger partial charge on any atom is 0.387 e. The summed E-state index contributed by atoms with van der Waals surface area (Å²) in [5, 5.41) is 5.41. The van der Waals surface area contributed by atoms with Gasteiger partial charge in [0.15, 0.2) is 0 Å². The first-order valence-electron chi connectivity index (χ1n) is 7.66. The van der Waals surface area contributed by atoms with Crippen LogP contribution in [0.5, 0.6) is 5.75 Å². The lowest BCUT2D eigenvalue weighted by Gasteiger charge is -2.20. The SMILES string of the molecule is CCN(CC(=O)Nc1ccc(OC(F)F)cc1)CC(=O)NC(C)C. The maximum atomic E-state index is 12.1. The largest absolute Gasteiger partial charge is 0.435 e. The number of carbonyl (C=O) groups excluding carboxylic acids is 2. The minimum absolute atomic E-state index is 0.0172. The van der Waals surface area contributed by atoms with Gasteiger partial charge in [-0.2, -0.15) is 8.78 Å². The first kappa shape index (κ1) is 19.8. The van der Waals surface area contributed by atoms with Gasteiger partial charge in [0, 0.05) is 11.7 Å². The van der Waals surface area contributed by atoms with Crippen LogP contribution in [0.2, 0.25) is 0 Å². The number of hydrogen-bond donors (Lipinski definition) is 2. The third-order valence-corrected chi connectivity index (χ3v) is 2.99. The number of nitrogens with zero attached hydrogens (tertiary/aromatic N) is 1. The van der Waals surface area contributed by atoms with Crippen molar-refractivity contribution in [2.24, 2.45) is 0 Å². The summed E-state index contributed by atoms with van der Waals surface area (Å²) in [5.41, 5.74) is 0.462. The van der Waals surface area contributed by atoms with Crippen LogP contribution in [0.3, 0.4) is 0 Å². The van der Waals surface area contributed by atoms with Crippen molar-refractivity contribution in [3.63, 3.8) is 0 Å². The minimum atomic E-state index is -2.89. The molecule has 2 N–H and O–H groups in total. The van der Waals surface area contributed by atoms with E-state index in [1.807, 2.05) is 20.8 Å². The van der Waals surface area contributed by atoms with Crippen molar-refractivity contribution in [3.8, 4) is 5.75 Å². The van der Waals surface area contributed by atoms with Crippen molar-refractivity contribution in [2.75, 3.05) is 25.0 Å². The Hall–Kier alpha value is -2.22. The molecule has 0 bridgehead atoms. The molecule has 6 nitrogen and oxygen atoms in total. The first-order valence-corrected chi connectivity index (χ1v) is 7.66. The van der Waals surface area contributed by atoms with Crippen LogP contribution in [0, 0.1) is 0 Å². The van der Waals surface area contributed by atoms with Gasteiger partial charge in [0.25, 0.3) is 0 Å². The predicted octanol–water partition coefficient (Wildman–Crippen LogP) is 2.07. The molecular weight excluding hydrogens is 320 g/mol. The second-order valence-electron chi connectivity index (χ2n) is 5.48. The van der Waals surface area contributed by atoms with E-state index < -0.39 is 6.61 Å². The molecule has 0 radical (unpaired) electrons. The number of likely N-dealkylation sites (N-methyl/N-ethyl adjacent to an activating group) is 1. The molecule has 0 aromatic heterocycles. The highest BCUT2D eigenvalue weighted by molar-refractivity contribution is 5.92. The number of ether oxygens (including phenoxy) is 1. The number of carbonyl (C=O) groups is 2. The second-order valence-corrected chi connectivity index (χ2v) is 5.48. The van der Waals surface area contributed by atoms with Crippen molar-refractivity contribution in [3.05, 3.63) is 24.3 Å². The molecule has 0 aliphatic rings. The molecule has 1 aromatic rings. The molecule has 0 saturated carbocycles. The van der Waals surface area contributed by atoms with E-state index in [9.17, 15) is 18.4 Å². The third kappa shape index (κ3) is 7.87. The van der Waals surface area contributed by atoms with E-state index in [4.69, 9.17) is 0 Å². The van der Waals surface area contributed by atoms with Crippen LogP contribution in [0.4, 0.5) is 14.5 Å². The molecule has 0 aliphatic carbocycles. The van der Waals surface area contributed by atoms with Crippen LogP contribution in [0.25, 0.3) is 0 Å². The molecule has 8 heteroatoms. The molecule has 2 amide bonds. The Balaban J connectivity index is 2.49. The molecule has 24 heavy (non-hydrogen) atoms. The minimum Gasteiger partial charge on any atom is -0.435 e. The number of nitrogens with one attached hydrogen (secondary N) is 2. The number of hydrogen-bond acceptors (Lipinski definition) is 4. The summed E-state index contributed by atoms with van der Waals surface area (Å²) in [5.74, 6) is -0.423. The fourth-order valence-electron chi connectivity index (χ4n) is 1.97. The summed E-state index contributed by atoms with van der Waals surface area (Å²) in [6, 6.07) is 5.67. The topological polar surface area (TPSA) is 70.7 Å². The van der Waals surface area contributed by atoms with Crippen LogP contribution >= 0.6 is 0 Å². The van der Waals surface area contributed by atoms with E-state index in [1.54, 1.807) is 4.90 Å². The van der Waals surface area contributed by atoms with E-state index in [2.05, 4.69) is 15.4 Å². The molecule has 134 valence electrons. The van der Waals surface area contributed by atoms with Crippen LogP contribution in [-0.4, -0.2) is 49.0 Å². The molecule has 1 aromatic carbocycles. The molecule has 1 rings (SSSR count). The monoisotopic (exact) mass is 343 g/mol. The Kier molecular flexibility index (Phi) is 8.11. The summed E-state index contributed by atoms with van der Waals surface area (Å²) >= 11 is 0. The predicted molar refractivity (Wildman–Crippen MR) is 87.1 cm³/mol. The Bertz CT molecular complexity index is 536. The third-order valence-electron chi connectivity index (χ3n) is 2.99. The molecule has 0 saturated heterocycles. The molecule has 0 heterocycles. The highest BCUT2D eigenvalue weighted by Crippen LogP contribution is 2.17. The van der Waals surface area contributed by atoms with Crippen molar-refractivity contribution >= 4 is 17.5 Å². The van der Waals surface area contributed by atoms with Crippen molar-refractivity contribution in [2.45, 2.75) is 33.4 Å². The Labute approximate surface area is 140 Å². The molecular formula is C16H23F2N3O3. The molecule has 0 aliphatic heterocycles. The van der Waals surface area contributed by atoms with Crippen molar-refractivity contribution < 1.29 is 23.1 Å². The Morgan fingerprint density at radius 3 is 2.21 bits per heavy atom. The van der Waals surface area contributed by atoms with Crippen molar-refractivity contribution in [1.29, 1.82) is 0 Å². The van der Waals surface area contributed by atoms with Crippen molar-refractivity contribution in [1.82, 2.24) is 10.2 Å². The number of rotatable bonds is 9. The number of amides is 2. The van der Waals surface area contributed by atoms with Crippen LogP contribution in [0.1, 0.15) is 20.8 Å². The van der Waals surface area contributed by atoms with Gasteiger partial charge < -0.3 is 15.4 Å². The standard InChI is InChI=1S/C16H23F2N3O3/c1-4-21(9-14(22)19-11(2)3)10-15(23)20-12-5-7-13(8-6-12)24-16(17)18/h5-8,11,16H,4,9-10H2,1-3H3,(H,19,22)(H,20,23). The van der Waals surface area contributed by atoms with E-state index >= 15 is 0 Å². The fraction of sp³-hybridized carbons (Fsp3) is 0.500. The maximum absolute atomic E-state index is 12.1. The molecule has 0 spiro atoms. The van der Waals surface area contributed by atoms with Gasteiger partial charge in [-0.05, 0) is 44.7 Å². The quantitative estimate of drug-likeness (QED) is 0.720. The summed E-state index contributed by atoms with van der Waals surface area (Å²) in [4.78, 5) is 25.4. The molecule has 0 fully saturated rings. The average Bonchev–Trinajstić information content (AvgIpc) is 2.47. The molecule has 0 atom stereocenters. The Morgan fingerprint density at radius 1 is 1.12 bits per heavy atom. The fourth-order valence-corrected chi connectivity index (χ4v) is 1.97. The molecule has 0 unspecified atom stereocenters. The number of alkyl halides is 2. The zero-order valence-corrected chi connectivity index (χ0v) is 14.0. The summed E-state index contributed by atoms with van der Waals surface area (Å²) in [6.45, 7) is 3.41. The number of anilines is 1. The van der Waals surface area contributed by atoms with E-state index in [0.29, 0.717) is 12.2 Å². The lowest BCUT2D eigenvalue weighted by Crippen LogP contribution is -2.42. The zero-order valence-electron chi connectivity index (χ0n) is 14.0. The van der Waals surface area contributed by atoms with Gasteiger partial charge in [-0.15, -0.1) is 0 Å². The zero-order chi connectivity index (χ0) is 18.1. The van der Waals surface area contributed by atoms with Gasteiger partial charge in [0.2, 0.25) is 11.8 Å². The average molecular weight is 343 g/mol. The van der Waals surface area contributed by atoms with Crippen LogP contribution in [-0.2, 0) is 9.59 Å². The smallest absolute Gasteiger partial charge is 0.387 e. The van der Waals surface area contributed by atoms with Crippen LogP contribution < -0.4 is 15.4 Å². The first-order chi connectivity index (χ1) is 11.3. The highest BCUT2D eigenvalue weighted by atomic mass is 19.3. The van der Waals surface area contributed by atoms with Gasteiger partial charge in [0.1, 0.15) is 5.75 Å². The van der Waals surface area contributed by atoms with E-state index in [-0.39, 0.29) is 36.7 Å². The number of benzene rings is 1.